The van der Waals surface area contributed by atoms with Crippen molar-refractivity contribution in [1.82, 2.24) is 15.1 Å². The molecule has 3 aliphatic heterocycles. The van der Waals surface area contributed by atoms with Gasteiger partial charge in [-0.3, -0.25) is 29.5 Å². The van der Waals surface area contributed by atoms with Crippen molar-refractivity contribution < 1.29 is 38.6 Å². The summed E-state index contributed by atoms with van der Waals surface area (Å²) in [6.45, 7) is 6.01. The Hall–Kier alpha value is -6.45. The zero-order chi connectivity index (χ0) is 43.2. The molecule has 14 nitrogen and oxygen atoms in total. The van der Waals surface area contributed by atoms with Gasteiger partial charge in [-0.05, 0) is 57.6 Å². The lowest BCUT2D eigenvalue weighted by Gasteiger charge is -2.44. The van der Waals surface area contributed by atoms with Crippen LogP contribution in [0.1, 0.15) is 53.6 Å². The van der Waals surface area contributed by atoms with Gasteiger partial charge in [0, 0.05) is 62.0 Å². The summed E-state index contributed by atoms with van der Waals surface area (Å²) >= 11 is 0. The van der Waals surface area contributed by atoms with E-state index in [1.165, 1.54) is 4.90 Å². The molecule has 2 N–H and O–H groups in total. The summed E-state index contributed by atoms with van der Waals surface area (Å²) in [5.41, 5.74) is 7.02. The Morgan fingerprint density at radius 3 is 2.21 bits per heavy atom. The van der Waals surface area contributed by atoms with E-state index in [1.807, 2.05) is 103 Å². The molecule has 5 atom stereocenters. The van der Waals surface area contributed by atoms with Gasteiger partial charge in [0.2, 0.25) is 5.91 Å². The van der Waals surface area contributed by atoms with Crippen LogP contribution in [0.4, 0.5) is 16.2 Å². The van der Waals surface area contributed by atoms with E-state index in [0.29, 0.717) is 6.54 Å². The summed E-state index contributed by atoms with van der Waals surface area (Å²) in [4.78, 5) is 55.4. The number of likely N-dealkylation sites (tertiary alicyclic amines) is 1. The van der Waals surface area contributed by atoms with Gasteiger partial charge >= 0.3 is 6.09 Å². The molecule has 5 aromatic rings. The number of hydrogen-bond donors (Lipinski definition) is 2. The molecule has 0 spiro atoms. The number of alkyl carbamates (subject to hydrolysis) is 1. The largest absolute Gasteiger partial charge is 0.445 e. The summed E-state index contributed by atoms with van der Waals surface area (Å²) in [6.07, 6.45) is -2.08. The van der Waals surface area contributed by atoms with E-state index in [2.05, 4.69) is 22.0 Å². The van der Waals surface area contributed by atoms with Crippen molar-refractivity contribution in [2.75, 3.05) is 37.6 Å². The molecule has 0 aliphatic carbocycles. The van der Waals surface area contributed by atoms with Gasteiger partial charge in [-0.15, -0.1) is 0 Å². The van der Waals surface area contributed by atoms with Crippen molar-refractivity contribution in [2.45, 2.75) is 57.6 Å². The Labute approximate surface area is 359 Å². The molecule has 5 aromatic carbocycles. The predicted octanol–water partition coefficient (Wildman–Crippen LogP) is 6.92. The number of carbonyl (C=O) groups excluding carboxylic acids is 3. The molecule has 3 heterocycles. The molecular formula is C48H49N5O9. The fraction of sp³-hybridized carbons (Fsp3) is 0.312. The number of benzene rings is 5. The van der Waals surface area contributed by atoms with Crippen LogP contribution in [0.2, 0.25) is 0 Å². The first-order valence-electron chi connectivity index (χ1n) is 20.8. The summed E-state index contributed by atoms with van der Waals surface area (Å²) in [6, 6.07) is 38.4. The van der Waals surface area contributed by atoms with E-state index < -0.39 is 24.3 Å². The second kappa shape index (κ2) is 19.1. The lowest BCUT2D eigenvalue weighted by Crippen LogP contribution is -2.51. The van der Waals surface area contributed by atoms with Gasteiger partial charge in [0.15, 0.2) is 6.29 Å². The normalized spacial score (nSPS) is 21.8. The van der Waals surface area contributed by atoms with Crippen LogP contribution >= 0.6 is 0 Å². The quantitative estimate of drug-likeness (QED) is 0.0719. The fourth-order valence-corrected chi connectivity index (χ4v) is 8.32. The third kappa shape index (κ3) is 9.85. The SMILES string of the molecule is C[C@H]1[C@@H](CN2CCN(c3ccc([N+](=O)[O-])cc3)CC2)O[C@@H](c2cccc(-c3cccc(CN4C(=O)CC(NC(=O)OCc5ccccc5)C4=O)c3)c2)O[C@H]1c1ccc(CO)cc1. The van der Waals surface area contributed by atoms with Gasteiger partial charge in [-0.1, -0.05) is 97.9 Å². The van der Waals surface area contributed by atoms with Gasteiger partial charge in [0.25, 0.3) is 11.6 Å². The number of ether oxygens (including phenoxy) is 3. The van der Waals surface area contributed by atoms with Crippen LogP contribution in [-0.4, -0.2) is 82.6 Å². The smallest absolute Gasteiger partial charge is 0.408 e. The molecule has 3 aliphatic rings. The zero-order valence-corrected chi connectivity index (χ0v) is 34.4. The molecule has 0 saturated carbocycles. The number of piperazine rings is 1. The maximum absolute atomic E-state index is 13.3. The van der Waals surface area contributed by atoms with E-state index in [9.17, 15) is 29.6 Å². The maximum Gasteiger partial charge on any atom is 0.408 e. The zero-order valence-electron chi connectivity index (χ0n) is 34.4. The molecule has 14 heteroatoms. The van der Waals surface area contributed by atoms with Crippen molar-refractivity contribution in [3.63, 3.8) is 0 Å². The molecule has 8 rings (SSSR count). The van der Waals surface area contributed by atoms with E-state index in [1.54, 1.807) is 24.3 Å². The maximum atomic E-state index is 13.3. The third-order valence-electron chi connectivity index (χ3n) is 11.9. The summed E-state index contributed by atoms with van der Waals surface area (Å²) < 4.78 is 18.9. The van der Waals surface area contributed by atoms with Gasteiger partial charge in [-0.25, -0.2) is 4.79 Å². The van der Waals surface area contributed by atoms with Crippen LogP contribution < -0.4 is 10.2 Å². The number of nitrogens with one attached hydrogen (secondary N) is 1. The standard InChI is InChI=1S/C48H49N5O9/c1-32-43(29-50-21-23-51(24-22-50)40-17-19-41(20-18-40)53(58)59)61-47(62-45(32)36-15-13-33(30-54)14-16-36)39-12-6-11-38(26-39)37-10-5-9-35(25-37)28-52-44(55)27-42(46(52)56)49-48(57)60-31-34-7-3-2-4-8-34/h2-20,25-26,32,42-43,45,47,54H,21-24,27-31H2,1H3,(H,49,57)/t32-,42?,43+,45+,47+/m0/s1. The van der Waals surface area contributed by atoms with Crippen LogP contribution in [0.5, 0.6) is 0 Å². The molecule has 3 saturated heterocycles. The lowest BCUT2D eigenvalue weighted by atomic mass is 9.89. The number of nitro benzene ring substituents is 1. The second-order valence-electron chi connectivity index (χ2n) is 16.0. The molecule has 3 amide bonds. The number of imide groups is 1. The predicted molar refractivity (Wildman–Crippen MR) is 230 cm³/mol. The average Bonchev–Trinajstić information content (AvgIpc) is 3.56. The molecule has 0 bridgehead atoms. The lowest BCUT2D eigenvalue weighted by molar-refractivity contribution is -0.384. The van der Waals surface area contributed by atoms with Crippen molar-refractivity contribution in [2.24, 2.45) is 5.92 Å². The number of aliphatic hydroxyl groups excluding tert-OH is 1. The van der Waals surface area contributed by atoms with Crippen LogP contribution in [0.25, 0.3) is 11.1 Å². The highest BCUT2D eigenvalue weighted by Crippen LogP contribution is 2.42. The van der Waals surface area contributed by atoms with Crippen molar-refractivity contribution >= 4 is 29.3 Å². The first kappa shape index (κ1) is 42.2. The monoisotopic (exact) mass is 839 g/mol. The van der Waals surface area contributed by atoms with Crippen molar-refractivity contribution in [3.8, 4) is 11.1 Å². The molecule has 320 valence electrons. The minimum absolute atomic E-state index is 0.00969. The van der Waals surface area contributed by atoms with Crippen LogP contribution in [-0.2, 0) is 43.6 Å². The number of aliphatic hydroxyl groups is 1. The topological polar surface area (TPSA) is 164 Å². The molecule has 0 radical (unpaired) electrons. The highest BCUT2D eigenvalue weighted by molar-refractivity contribution is 6.06. The highest BCUT2D eigenvalue weighted by Gasteiger charge is 2.41. The Bertz CT molecular complexity index is 2370. The van der Waals surface area contributed by atoms with Crippen molar-refractivity contribution in [3.05, 3.63) is 165 Å². The summed E-state index contributed by atoms with van der Waals surface area (Å²) in [7, 11) is 0. The summed E-state index contributed by atoms with van der Waals surface area (Å²) in [5, 5.41) is 23.4. The number of nitro groups is 1. The Kier molecular flexibility index (Phi) is 13.0. The highest BCUT2D eigenvalue weighted by atomic mass is 16.7. The fourth-order valence-electron chi connectivity index (χ4n) is 8.32. The minimum atomic E-state index is -1.00. The van der Waals surface area contributed by atoms with E-state index in [0.717, 1.165) is 70.8 Å². The molecule has 3 fully saturated rings. The Balaban J connectivity index is 0.945. The number of nitrogens with zero attached hydrogens (tertiary/aromatic N) is 4. The van der Waals surface area contributed by atoms with Crippen molar-refractivity contribution in [1.29, 1.82) is 0 Å². The second-order valence-corrected chi connectivity index (χ2v) is 16.0. The van der Waals surface area contributed by atoms with E-state index >= 15 is 0 Å². The number of anilines is 1. The van der Waals surface area contributed by atoms with Crippen LogP contribution in [0.3, 0.4) is 0 Å². The number of amides is 3. The number of non-ortho nitro benzene ring substituents is 1. The summed E-state index contributed by atoms with van der Waals surface area (Å²) in [5.74, 6) is -0.871. The Morgan fingerprint density at radius 1 is 0.806 bits per heavy atom. The van der Waals surface area contributed by atoms with Gasteiger partial charge in [-0.2, -0.15) is 0 Å². The number of rotatable bonds is 13. The van der Waals surface area contributed by atoms with Crippen LogP contribution in [0, 0.1) is 16.0 Å². The molecule has 0 aromatic heterocycles. The number of carbonyl (C=O) groups is 3. The average molecular weight is 840 g/mol. The minimum Gasteiger partial charge on any atom is -0.445 e. The van der Waals surface area contributed by atoms with E-state index in [-0.39, 0.29) is 60.8 Å². The Morgan fingerprint density at radius 2 is 1.50 bits per heavy atom. The first-order chi connectivity index (χ1) is 30.1. The van der Waals surface area contributed by atoms with Gasteiger partial charge in [0.05, 0.1) is 36.7 Å². The first-order valence-corrected chi connectivity index (χ1v) is 20.8. The third-order valence-corrected chi connectivity index (χ3v) is 11.9. The van der Waals surface area contributed by atoms with E-state index in [4.69, 9.17) is 14.2 Å². The molecule has 1 unspecified atom stereocenters. The van der Waals surface area contributed by atoms with Gasteiger partial charge in [0.1, 0.15) is 12.6 Å². The van der Waals surface area contributed by atoms with Gasteiger partial charge < -0.3 is 29.5 Å². The number of hydrogen-bond acceptors (Lipinski definition) is 11. The molecular weight excluding hydrogens is 791 g/mol. The molecule has 62 heavy (non-hydrogen) atoms. The van der Waals surface area contributed by atoms with Crippen LogP contribution in [0.15, 0.2) is 127 Å².